The monoisotopic (exact) mass is 338 g/mol. The van der Waals surface area contributed by atoms with E-state index in [1.807, 2.05) is 13.1 Å². The number of aliphatic hydroxyl groups excluding tert-OH is 1. The molecule has 0 saturated carbocycles. The quantitative estimate of drug-likeness (QED) is 0.860. The summed E-state index contributed by atoms with van der Waals surface area (Å²) in [7, 11) is 2.02. The Kier molecular flexibility index (Phi) is 5.92. The number of hydrogen-bond acceptors (Lipinski definition) is 5. The molecule has 134 valence electrons. The largest absolute Gasteiger partial charge is 0.389 e. The van der Waals surface area contributed by atoms with Gasteiger partial charge in [0.1, 0.15) is 5.82 Å². The Morgan fingerprint density at radius 2 is 2.21 bits per heavy atom. The molecule has 2 aliphatic heterocycles. The molecule has 0 radical (unpaired) electrons. The lowest BCUT2D eigenvalue weighted by Crippen LogP contribution is -2.36. The first-order valence-corrected chi connectivity index (χ1v) is 8.76. The van der Waals surface area contributed by atoms with Crippen molar-refractivity contribution in [1.82, 2.24) is 0 Å². The smallest absolute Gasteiger partial charge is 0.125 e. The number of benzene rings is 1. The Balaban J connectivity index is 1.57. The summed E-state index contributed by atoms with van der Waals surface area (Å²) in [6.45, 7) is 3.77. The molecule has 2 unspecified atom stereocenters. The number of hydrogen-bond donors (Lipinski definition) is 1. The maximum Gasteiger partial charge on any atom is 0.125 e. The van der Waals surface area contributed by atoms with Crippen molar-refractivity contribution < 1.29 is 19.0 Å². The molecule has 24 heavy (non-hydrogen) atoms. The van der Waals surface area contributed by atoms with E-state index in [1.165, 1.54) is 6.07 Å². The predicted molar refractivity (Wildman–Crippen MR) is 92.3 cm³/mol. The van der Waals surface area contributed by atoms with Crippen LogP contribution >= 0.6 is 0 Å². The lowest BCUT2D eigenvalue weighted by atomic mass is 10.2. The van der Waals surface area contributed by atoms with Crippen molar-refractivity contribution in [2.45, 2.75) is 31.5 Å². The summed E-state index contributed by atoms with van der Waals surface area (Å²) in [4.78, 5) is 4.19. The number of aliphatic hydroxyl groups is 1. The number of halogens is 1. The number of fused-ring (bicyclic) bond motifs is 1. The lowest BCUT2D eigenvalue weighted by Gasteiger charge is -2.28. The lowest BCUT2D eigenvalue weighted by molar-refractivity contribution is -0.0149. The number of rotatable bonds is 6. The molecule has 5 nitrogen and oxygen atoms in total. The molecule has 0 bridgehead atoms. The van der Waals surface area contributed by atoms with Crippen LogP contribution in [0.3, 0.4) is 0 Å². The molecule has 1 fully saturated rings. The van der Waals surface area contributed by atoms with Gasteiger partial charge in [-0.05, 0) is 37.5 Å². The van der Waals surface area contributed by atoms with Crippen molar-refractivity contribution in [2.75, 3.05) is 56.3 Å². The van der Waals surface area contributed by atoms with Gasteiger partial charge in [-0.15, -0.1) is 0 Å². The highest BCUT2D eigenvalue weighted by molar-refractivity contribution is 5.72. The zero-order valence-corrected chi connectivity index (χ0v) is 14.3. The van der Waals surface area contributed by atoms with Gasteiger partial charge in [-0.25, -0.2) is 4.39 Å². The molecule has 0 aromatic heterocycles. The summed E-state index contributed by atoms with van der Waals surface area (Å²) in [6.07, 6.45) is 2.64. The number of nitrogens with zero attached hydrogens (tertiary/aromatic N) is 2. The van der Waals surface area contributed by atoms with Gasteiger partial charge in [0.25, 0.3) is 0 Å². The molecule has 2 aliphatic rings. The van der Waals surface area contributed by atoms with E-state index < -0.39 is 6.10 Å². The summed E-state index contributed by atoms with van der Waals surface area (Å²) >= 11 is 0. The van der Waals surface area contributed by atoms with Crippen molar-refractivity contribution in [3.05, 3.63) is 24.0 Å². The molecule has 1 aromatic rings. The summed E-state index contributed by atoms with van der Waals surface area (Å²) < 4.78 is 24.8. The van der Waals surface area contributed by atoms with E-state index in [4.69, 9.17) is 9.47 Å². The van der Waals surface area contributed by atoms with Crippen molar-refractivity contribution in [3.63, 3.8) is 0 Å². The third kappa shape index (κ3) is 4.37. The number of anilines is 2. The molecular weight excluding hydrogens is 311 g/mol. The SMILES string of the molecule is CN1CCCN(CC(O)COCC2CCCO2)c2cc(F)ccc21. The summed E-state index contributed by atoms with van der Waals surface area (Å²) in [6, 6.07) is 4.85. The van der Waals surface area contributed by atoms with Crippen LogP contribution in [-0.2, 0) is 9.47 Å². The Hall–Kier alpha value is -1.37. The second-order valence-electron chi connectivity index (χ2n) is 6.68. The van der Waals surface area contributed by atoms with Gasteiger partial charge < -0.3 is 24.4 Å². The molecular formula is C18H27FN2O3. The van der Waals surface area contributed by atoms with Crippen molar-refractivity contribution >= 4 is 11.4 Å². The van der Waals surface area contributed by atoms with Gasteiger partial charge in [-0.1, -0.05) is 0 Å². The molecule has 1 aromatic carbocycles. The molecule has 2 atom stereocenters. The summed E-state index contributed by atoms with van der Waals surface area (Å²) in [5.41, 5.74) is 1.84. The van der Waals surface area contributed by atoms with Gasteiger partial charge in [0.15, 0.2) is 0 Å². The van der Waals surface area contributed by atoms with Crippen LogP contribution in [0.25, 0.3) is 0 Å². The second kappa shape index (κ2) is 8.14. The topological polar surface area (TPSA) is 45.2 Å². The van der Waals surface area contributed by atoms with Gasteiger partial charge in [0.05, 0.1) is 36.8 Å². The van der Waals surface area contributed by atoms with Crippen molar-refractivity contribution in [3.8, 4) is 0 Å². The van der Waals surface area contributed by atoms with E-state index in [2.05, 4.69) is 9.80 Å². The van der Waals surface area contributed by atoms with Crippen LogP contribution < -0.4 is 9.80 Å². The minimum Gasteiger partial charge on any atom is -0.389 e. The molecule has 6 heteroatoms. The first-order chi connectivity index (χ1) is 11.6. The third-order valence-corrected chi connectivity index (χ3v) is 4.68. The van der Waals surface area contributed by atoms with Crippen LogP contribution in [-0.4, -0.2) is 63.8 Å². The molecule has 0 aliphatic carbocycles. The highest BCUT2D eigenvalue weighted by atomic mass is 19.1. The maximum absolute atomic E-state index is 13.7. The number of β-amino-alcohol motifs (C(OH)–C–C–N with tert-alkyl or cyclic N) is 1. The van der Waals surface area contributed by atoms with Crippen LogP contribution in [0.5, 0.6) is 0 Å². The highest BCUT2D eigenvalue weighted by Gasteiger charge is 2.22. The first kappa shape index (κ1) is 17.5. The predicted octanol–water partition coefficient (Wildman–Crippen LogP) is 2.03. The van der Waals surface area contributed by atoms with Crippen LogP contribution in [0.4, 0.5) is 15.8 Å². The molecule has 0 amide bonds. The fraction of sp³-hybridized carbons (Fsp3) is 0.667. The molecule has 2 heterocycles. The van der Waals surface area contributed by atoms with Gasteiger partial charge in [-0.2, -0.15) is 0 Å². The van der Waals surface area contributed by atoms with E-state index >= 15 is 0 Å². The second-order valence-corrected chi connectivity index (χ2v) is 6.68. The van der Waals surface area contributed by atoms with Crippen LogP contribution in [0.15, 0.2) is 18.2 Å². The van der Waals surface area contributed by atoms with Gasteiger partial charge in [-0.3, -0.25) is 0 Å². The third-order valence-electron chi connectivity index (χ3n) is 4.68. The minimum atomic E-state index is -0.606. The molecule has 3 rings (SSSR count). The minimum absolute atomic E-state index is 0.166. The van der Waals surface area contributed by atoms with Crippen LogP contribution in [0, 0.1) is 5.82 Å². The fourth-order valence-corrected chi connectivity index (χ4v) is 3.42. The average Bonchev–Trinajstić information content (AvgIpc) is 3.02. The first-order valence-electron chi connectivity index (χ1n) is 8.76. The van der Waals surface area contributed by atoms with E-state index in [0.717, 1.165) is 50.3 Å². The Morgan fingerprint density at radius 3 is 3.00 bits per heavy atom. The highest BCUT2D eigenvalue weighted by Crippen LogP contribution is 2.32. The van der Waals surface area contributed by atoms with Crippen molar-refractivity contribution in [2.24, 2.45) is 0 Å². The molecule has 1 saturated heterocycles. The van der Waals surface area contributed by atoms with E-state index in [0.29, 0.717) is 13.2 Å². The molecule has 1 N–H and O–H groups in total. The van der Waals surface area contributed by atoms with Gasteiger partial charge >= 0.3 is 0 Å². The number of ether oxygens (including phenoxy) is 2. The zero-order chi connectivity index (χ0) is 16.9. The van der Waals surface area contributed by atoms with Crippen molar-refractivity contribution in [1.29, 1.82) is 0 Å². The summed E-state index contributed by atoms with van der Waals surface area (Å²) in [5, 5.41) is 10.3. The average molecular weight is 338 g/mol. The van der Waals surface area contributed by atoms with E-state index in [9.17, 15) is 9.50 Å². The molecule has 0 spiro atoms. The fourth-order valence-electron chi connectivity index (χ4n) is 3.42. The van der Waals surface area contributed by atoms with E-state index in [-0.39, 0.29) is 18.5 Å². The Bertz CT molecular complexity index is 537. The van der Waals surface area contributed by atoms with E-state index in [1.54, 1.807) is 6.07 Å². The van der Waals surface area contributed by atoms with Crippen LogP contribution in [0.1, 0.15) is 19.3 Å². The normalized spacial score (nSPS) is 22.4. The Morgan fingerprint density at radius 1 is 1.33 bits per heavy atom. The summed E-state index contributed by atoms with van der Waals surface area (Å²) in [5.74, 6) is -0.252. The Labute approximate surface area is 143 Å². The maximum atomic E-state index is 13.7. The van der Waals surface area contributed by atoms with Gasteiger partial charge in [0, 0.05) is 33.3 Å². The zero-order valence-electron chi connectivity index (χ0n) is 14.3. The van der Waals surface area contributed by atoms with Gasteiger partial charge in [0.2, 0.25) is 0 Å². The van der Waals surface area contributed by atoms with Crippen LogP contribution in [0.2, 0.25) is 0 Å². The standard InChI is InChI=1S/C18H27FN2O3/c1-20-7-3-8-21(18-10-14(19)5-6-17(18)20)11-15(22)12-23-13-16-4-2-9-24-16/h5-6,10,15-16,22H,2-4,7-9,11-13H2,1H3.